The molecule has 0 radical (unpaired) electrons. The summed E-state index contributed by atoms with van der Waals surface area (Å²) >= 11 is 0. The minimum absolute atomic E-state index is 0.0817. The van der Waals surface area contributed by atoms with E-state index in [0.29, 0.717) is 5.56 Å². The van der Waals surface area contributed by atoms with Crippen molar-refractivity contribution in [2.24, 2.45) is 5.92 Å². The molecule has 2 aromatic rings. The van der Waals surface area contributed by atoms with Crippen LogP contribution in [0.4, 0.5) is 0 Å². The molecule has 0 bridgehead atoms. The molecule has 0 saturated heterocycles. The number of hydrogen-bond acceptors (Lipinski definition) is 6. The van der Waals surface area contributed by atoms with Gasteiger partial charge in [-0.15, -0.1) is 0 Å². The van der Waals surface area contributed by atoms with Gasteiger partial charge in [0.2, 0.25) is 10.0 Å². The van der Waals surface area contributed by atoms with E-state index in [1.54, 1.807) is 49.3 Å². The number of fused-ring (bicyclic) bond motifs is 1. The maximum absolute atomic E-state index is 13.6. The average Bonchev–Trinajstić information content (AvgIpc) is 3.40. The number of benzene rings is 1. The fourth-order valence-electron chi connectivity index (χ4n) is 4.64. The molecule has 188 valence electrons. The van der Waals surface area contributed by atoms with Gasteiger partial charge < -0.3 is 14.7 Å². The molecular weight excluding hydrogens is 466 g/mol. The highest BCUT2D eigenvalue weighted by molar-refractivity contribution is 7.89. The number of carbonyl (C=O) groups excluding carboxylic acids is 1. The van der Waals surface area contributed by atoms with Gasteiger partial charge in [0.25, 0.3) is 5.91 Å². The molecule has 1 aliphatic heterocycles. The van der Waals surface area contributed by atoms with Crippen LogP contribution in [0, 0.1) is 5.92 Å². The van der Waals surface area contributed by atoms with Crippen LogP contribution in [0.1, 0.15) is 49.0 Å². The third-order valence-electron chi connectivity index (χ3n) is 6.79. The molecule has 1 aliphatic carbocycles. The Bertz CT molecular complexity index is 1200. The third-order valence-corrected chi connectivity index (χ3v) is 8.81. The number of hydrogen-bond donors (Lipinski definition) is 1. The van der Waals surface area contributed by atoms with Crippen LogP contribution in [0.2, 0.25) is 0 Å². The number of allylic oxidation sites excluding steroid dienone is 2. The first-order valence-electron chi connectivity index (χ1n) is 12.0. The lowest BCUT2D eigenvalue weighted by molar-refractivity contribution is 0.0563. The number of rotatable bonds is 6. The standard InChI is InChI=1S/C26H33N3O5S/c1-18-15-29(19(2)17-30)35(32,33)25-11-10-21(20-7-4-5-8-20)13-23(25)34-24(18)16-28(3)26(31)22-9-6-12-27-14-22/h6-7,9-14,18-19,24,30H,4-5,8,15-17H2,1-3H3/t18-,19+,24+/m1/s1. The second kappa shape index (κ2) is 10.5. The number of aromatic nitrogens is 1. The second-order valence-corrected chi connectivity index (χ2v) is 11.3. The van der Waals surface area contributed by atoms with Gasteiger partial charge >= 0.3 is 0 Å². The molecule has 2 aliphatic rings. The largest absolute Gasteiger partial charge is 0.487 e. The Labute approximate surface area is 207 Å². The van der Waals surface area contributed by atoms with Gasteiger partial charge in [0.05, 0.1) is 18.7 Å². The van der Waals surface area contributed by atoms with Crippen molar-refractivity contribution < 1.29 is 23.1 Å². The summed E-state index contributed by atoms with van der Waals surface area (Å²) in [6, 6.07) is 8.07. The Morgan fingerprint density at radius 2 is 2.14 bits per heavy atom. The minimum Gasteiger partial charge on any atom is -0.487 e. The Balaban J connectivity index is 1.72. The molecule has 0 saturated carbocycles. The Morgan fingerprint density at radius 1 is 1.34 bits per heavy atom. The summed E-state index contributed by atoms with van der Waals surface area (Å²) in [5, 5.41) is 9.81. The summed E-state index contributed by atoms with van der Waals surface area (Å²) < 4.78 is 35.0. The van der Waals surface area contributed by atoms with Gasteiger partial charge in [0, 0.05) is 37.9 Å². The number of ether oxygens (including phenoxy) is 1. The van der Waals surface area contributed by atoms with Gasteiger partial charge in [0.15, 0.2) is 0 Å². The van der Waals surface area contributed by atoms with E-state index in [-0.39, 0.29) is 42.2 Å². The molecule has 0 fully saturated rings. The van der Waals surface area contributed by atoms with Crippen molar-refractivity contribution in [3.05, 3.63) is 59.9 Å². The van der Waals surface area contributed by atoms with Crippen LogP contribution >= 0.6 is 0 Å². The SMILES string of the molecule is C[C@@H]1CN([C@@H](C)CO)S(=O)(=O)c2ccc(C3=CCCC3)cc2O[C@H]1CN(C)C(=O)c1cccnc1. The van der Waals surface area contributed by atoms with Crippen LogP contribution in [0.25, 0.3) is 5.57 Å². The smallest absolute Gasteiger partial charge is 0.255 e. The molecule has 1 aromatic heterocycles. The minimum atomic E-state index is -3.90. The molecule has 1 N–H and O–H groups in total. The fourth-order valence-corrected chi connectivity index (χ4v) is 6.46. The van der Waals surface area contributed by atoms with Crippen molar-refractivity contribution in [3.63, 3.8) is 0 Å². The van der Waals surface area contributed by atoms with Crippen molar-refractivity contribution >= 4 is 21.5 Å². The van der Waals surface area contributed by atoms with E-state index < -0.39 is 22.2 Å². The van der Waals surface area contributed by atoms with E-state index >= 15 is 0 Å². The van der Waals surface area contributed by atoms with E-state index in [4.69, 9.17) is 4.74 Å². The molecule has 3 atom stereocenters. The van der Waals surface area contributed by atoms with Crippen molar-refractivity contribution in [3.8, 4) is 5.75 Å². The number of nitrogens with zero attached hydrogens (tertiary/aromatic N) is 3. The predicted octanol–water partition coefficient (Wildman–Crippen LogP) is 3.19. The highest BCUT2D eigenvalue weighted by Gasteiger charge is 2.38. The zero-order valence-electron chi connectivity index (χ0n) is 20.4. The zero-order chi connectivity index (χ0) is 25.2. The van der Waals surface area contributed by atoms with Crippen LogP contribution in [0.15, 0.2) is 53.7 Å². The van der Waals surface area contributed by atoms with Crippen molar-refractivity contribution in [2.45, 2.75) is 50.2 Å². The third kappa shape index (κ3) is 5.27. The number of likely N-dealkylation sites (N-methyl/N-ethyl adjacent to an activating group) is 1. The number of sulfonamides is 1. The number of carbonyl (C=O) groups is 1. The monoisotopic (exact) mass is 499 g/mol. The number of aliphatic hydroxyl groups excluding tert-OH is 1. The summed E-state index contributed by atoms with van der Waals surface area (Å²) in [6.45, 7) is 3.74. The highest BCUT2D eigenvalue weighted by atomic mass is 32.2. The molecule has 4 rings (SSSR count). The fraction of sp³-hybridized carbons (Fsp3) is 0.462. The van der Waals surface area contributed by atoms with E-state index in [0.717, 1.165) is 24.8 Å². The quantitative estimate of drug-likeness (QED) is 0.655. The molecule has 0 unspecified atom stereocenters. The van der Waals surface area contributed by atoms with Crippen molar-refractivity contribution in [1.82, 2.24) is 14.2 Å². The average molecular weight is 500 g/mol. The molecule has 9 heteroatoms. The van der Waals surface area contributed by atoms with E-state index in [9.17, 15) is 18.3 Å². The Kier molecular flexibility index (Phi) is 7.59. The van der Waals surface area contributed by atoms with Gasteiger partial charge in [-0.05, 0) is 61.6 Å². The van der Waals surface area contributed by atoms with E-state index in [1.165, 1.54) is 16.1 Å². The number of amides is 1. The number of pyridine rings is 1. The molecule has 1 amide bonds. The molecular formula is C26H33N3O5S. The lowest BCUT2D eigenvalue weighted by Crippen LogP contribution is -2.50. The lowest BCUT2D eigenvalue weighted by Gasteiger charge is -2.37. The molecule has 1 aromatic carbocycles. The van der Waals surface area contributed by atoms with Gasteiger partial charge in [-0.3, -0.25) is 9.78 Å². The first-order chi connectivity index (χ1) is 16.7. The zero-order valence-corrected chi connectivity index (χ0v) is 21.2. The maximum Gasteiger partial charge on any atom is 0.255 e. The number of aliphatic hydroxyl groups is 1. The first kappa shape index (κ1) is 25.3. The van der Waals surface area contributed by atoms with Crippen LogP contribution < -0.4 is 4.74 Å². The Hall–Kier alpha value is -2.75. The molecule has 0 spiro atoms. The van der Waals surface area contributed by atoms with E-state index in [2.05, 4.69) is 11.1 Å². The highest BCUT2D eigenvalue weighted by Crippen LogP contribution is 2.37. The summed E-state index contributed by atoms with van der Waals surface area (Å²) in [7, 11) is -2.19. The van der Waals surface area contributed by atoms with E-state index in [1.807, 2.05) is 13.0 Å². The van der Waals surface area contributed by atoms with Crippen LogP contribution in [-0.2, 0) is 10.0 Å². The normalized spacial score (nSPS) is 22.8. The molecule has 35 heavy (non-hydrogen) atoms. The lowest BCUT2D eigenvalue weighted by atomic mass is 10.0. The topological polar surface area (TPSA) is 100 Å². The van der Waals surface area contributed by atoms with Crippen LogP contribution in [-0.4, -0.2) is 72.5 Å². The van der Waals surface area contributed by atoms with Gasteiger partial charge in [-0.1, -0.05) is 19.1 Å². The predicted molar refractivity (Wildman–Crippen MR) is 133 cm³/mol. The van der Waals surface area contributed by atoms with Gasteiger partial charge in [-0.2, -0.15) is 4.31 Å². The summed E-state index contributed by atoms with van der Waals surface area (Å²) in [5.41, 5.74) is 2.61. The Morgan fingerprint density at radius 3 is 2.80 bits per heavy atom. The van der Waals surface area contributed by atoms with Crippen LogP contribution in [0.3, 0.4) is 0 Å². The second-order valence-electron chi connectivity index (χ2n) is 9.45. The maximum atomic E-state index is 13.6. The summed E-state index contributed by atoms with van der Waals surface area (Å²) in [5.74, 6) is -0.149. The molecule has 8 nitrogen and oxygen atoms in total. The molecule has 2 heterocycles. The van der Waals surface area contributed by atoms with Crippen molar-refractivity contribution in [2.75, 3.05) is 26.7 Å². The van der Waals surface area contributed by atoms with Crippen LogP contribution in [0.5, 0.6) is 5.75 Å². The summed E-state index contributed by atoms with van der Waals surface area (Å²) in [6.07, 6.45) is 7.89. The first-order valence-corrected chi connectivity index (χ1v) is 13.4. The van der Waals surface area contributed by atoms with Gasteiger partial charge in [0.1, 0.15) is 16.7 Å². The summed E-state index contributed by atoms with van der Waals surface area (Å²) in [4.78, 5) is 18.6. The van der Waals surface area contributed by atoms with Gasteiger partial charge in [-0.25, -0.2) is 8.42 Å². The van der Waals surface area contributed by atoms with Crippen molar-refractivity contribution in [1.29, 1.82) is 0 Å².